The molecule has 1 fully saturated rings. The van der Waals surface area contributed by atoms with Gasteiger partial charge in [0.1, 0.15) is 0 Å². The standard InChI is InChI=1S/C19H24F3N3/c1-3-18(17-10-9-15(13(2)23-17)19(20,21)22)25-12-11-16(24-25)14-7-5-4-6-8-14/h9-12,14,18H,3-8H2,1-2H3. The molecule has 1 unspecified atom stereocenters. The number of hydrogen-bond acceptors (Lipinski definition) is 2. The zero-order valence-corrected chi connectivity index (χ0v) is 14.7. The van der Waals surface area contributed by atoms with E-state index < -0.39 is 11.7 Å². The van der Waals surface area contributed by atoms with E-state index in [0.29, 0.717) is 11.6 Å². The molecule has 0 aliphatic heterocycles. The van der Waals surface area contributed by atoms with Crippen LogP contribution in [0, 0.1) is 6.92 Å². The lowest BCUT2D eigenvalue weighted by atomic mass is 9.87. The van der Waals surface area contributed by atoms with Crippen molar-refractivity contribution < 1.29 is 13.2 Å². The minimum absolute atomic E-state index is 0.0168. The molecule has 1 aliphatic carbocycles. The Morgan fingerprint density at radius 2 is 1.88 bits per heavy atom. The average Bonchev–Trinajstić information content (AvgIpc) is 3.05. The number of aryl methyl sites for hydroxylation is 1. The third-order valence-corrected chi connectivity index (χ3v) is 5.11. The van der Waals surface area contributed by atoms with Gasteiger partial charge in [0.25, 0.3) is 0 Å². The Balaban J connectivity index is 1.85. The predicted octanol–water partition coefficient (Wildman–Crippen LogP) is 5.65. The van der Waals surface area contributed by atoms with Gasteiger partial charge >= 0.3 is 6.18 Å². The molecule has 0 radical (unpaired) electrons. The van der Waals surface area contributed by atoms with E-state index in [1.165, 1.54) is 45.1 Å². The van der Waals surface area contributed by atoms with Crippen LogP contribution in [0.15, 0.2) is 24.4 Å². The van der Waals surface area contributed by atoms with E-state index >= 15 is 0 Å². The molecule has 0 spiro atoms. The second-order valence-electron chi connectivity index (χ2n) is 6.85. The highest BCUT2D eigenvalue weighted by Gasteiger charge is 2.33. The number of rotatable bonds is 4. The van der Waals surface area contributed by atoms with Crippen molar-refractivity contribution in [1.82, 2.24) is 14.8 Å². The van der Waals surface area contributed by atoms with Crippen molar-refractivity contribution in [3.8, 4) is 0 Å². The first kappa shape index (κ1) is 18.0. The molecular weight excluding hydrogens is 327 g/mol. The summed E-state index contributed by atoms with van der Waals surface area (Å²) < 4.78 is 40.7. The normalized spacial score (nSPS) is 17.6. The van der Waals surface area contributed by atoms with Crippen LogP contribution in [-0.2, 0) is 6.18 Å². The van der Waals surface area contributed by atoms with Gasteiger partial charge in [-0.2, -0.15) is 18.3 Å². The summed E-state index contributed by atoms with van der Waals surface area (Å²) in [6.07, 6.45) is 4.43. The van der Waals surface area contributed by atoms with Gasteiger partial charge in [-0.05, 0) is 44.4 Å². The average molecular weight is 351 g/mol. The van der Waals surface area contributed by atoms with Crippen LogP contribution in [0.2, 0.25) is 0 Å². The Bertz CT molecular complexity index is 715. The van der Waals surface area contributed by atoms with Gasteiger partial charge in [-0.15, -0.1) is 0 Å². The summed E-state index contributed by atoms with van der Waals surface area (Å²) >= 11 is 0. The summed E-state index contributed by atoms with van der Waals surface area (Å²) in [5, 5.41) is 4.74. The van der Waals surface area contributed by atoms with E-state index in [0.717, 1.165) is 18.2 Å². The predicted molar refractivity (Wildman–Crippen MR) is 90.5 cm³/mol. The van der Waals surface area contributed by atoms with Gasteiger partial charge in [-0.3, -0.25) is 9.67 Å². The summed E-state index contributed by atoms with van der Waals surface area (Å²) in [5.41, 5.74) is 1.07. The van der Waals surface area contributed by atoms with E-state index in [2.05, 4.69) is 11.1 Å². The first-order chi connectivity index (χ1) is 11.9. The number of aromatic nitrogens is 3. The molecule has 2 aromatic rings. The maximum Gasteiger partial charge on any atom is 0.418 e. The highest BCUT2D eigenvalue weighted by molar-refractivity contribution is 5.26. The summed E-state index contributed by atoms with van der Waals surface area (Å²) in [5.74, 6) is 0.509. The molecule has 3 nitrogen and oxygen atoms in total. The molecule has 0 saturated heterocycles. The Morgan fingerprint density at radius 3 is 2.48 bits per heavy atom. The Kier molecular flexibility index (Phi) is 5.16. The smallest absolute Gasteiger partial charge is 0.263 e. The Morgan fingerprint density at radius 1 is 1.16 bits per heavy atom. The van der Waals surface area contributed by atoms with Crippen LogP contribution in [0.5, 0.6) is 0 Å². The van der Waals surface area contributed by atoms with Gasteiger partial charge in [0.2, 0.25) is 0 Å². The molecule has 0 N–H and O–H groups in total. The van der Waals surface area contributed by atoms with Crippen LogP contribution in [-0.4, -0.2) is 14.8 Å². The second kappa shape index (κ2) is 7.18. The lowest BCUT2D eigenvalue weighted by Crippen LogP contribution is -2.16. The Hall–Kier alpha value is -1.85. The van der Waals surface area contributed by atoms with Crippen LogP contribution < -0.4 is 0 Å². The second-order valence-corrected chi connectivity index (χ2v) is 6.85. The van der Waals surface area contributed by atoms with Crippen LogP contribution in [0.25, 0.3) is 0 Å². The van der Waals surface area contributed by atoms with Crippen molar-refractivity contribution in [1.29, 1.82) is 0 Å². The minimum Gasteiger partial charge on any atom is -0.263 e. The molecule has 25 heavy (non-hydrogen) atoms. The fourth-order valence-corrected chi connectivity index (χ4v) is 3.74. The summed E-state index contributed by atoms with van der Waals surface area (Å²) in [6, 6.07) is 4.52. The monoisotopic (exact) mass is 351 g/mol. The Labute approximate surface area is 146 Å². The molecule has 136 valence electrons. The lowest BCUT2D eigenvalue weighted by molar-refractivity contribution is -0.138. The van der Waals surface area contributed by atoms with E-state index in [9.17, 15) is 13.2 Å². The van der Waals surface area contributed by atoms with Crippen molar-refractivity contribution in [3.05, 3.63) is 47.0 Å². The zero-order valence-electron chi connectivity index (χ0n) is 14.7. The van der Waals surface area contributed by atoms with E-state index in [1.54, 1.807) is 0 Å². The van der Waals surface area contributed by atoms with Crippen LogP contribution in [0.3, 0.4) is 0 Å². The molecule has 1 atom stereocenters. The van der Waals surface area contributed by atoms with Gasteiger partial charge in [0.15, 0.2) is 0 Å². The molecule has 1 aliphatic rings. The number of nitrogens with zero attached hydrogens (tertiary/aromatic N) is 3. The maximum absolute atomic E-state index is 12.9. The van der Waals surface area contributed by atoms with Gasteiger partial charge in [-0.25, -0.2) is 0 Å². The van der Waals surface area contributed by atoms with Gasteiger partial charge in [0, 0.05) is 17.8 Å². The van der Waals surface area contributed by atoms with Crippen molar-refractivity contribution >= 4 is 0 Å². The maximum atomic E-state index is 12.9. The number of alkyl halides is 3. The fourth-order valence-electron chi connectivity index (χ4n) is 3.74. The largest absolute Gasteiger partial charge is 0.418 e. The zero-order chi connectivity index (χ0) is 18.0. The minimum atomic E-state index is -4.36. The first-order valence-electron chi connectivity index (χ1n) is 9.00. The van der Waals surface area contributed by atoms with Crippen LogP contribution in [0.1, 0.15) is 80.1 Å². The van der Waals surface area contributed by atoms with Gasteiger partial charge < -0.3 is 0 Å². The van der Waals surface area contributed by atoms with Crippen molar-refractivity contribution in [3.63, 3.8) is 0 Å². The molecule has 2 heterocycles. The van der Waals surface area contributed by atoms with Gasteiger partial charge in [-0.1, -0.05) is 26.2 Å². The lowest BCUT2D eigenvalue weighted by Gasteiger charge is -2.20. The summed E-state index contributed by atoms with van der Waals surface area (Å²) in [6.45, 7) is 3.41. The topological polar surface area (TPSA) is 30.7 Å². The molecule has 2 aromatic heterocycles. The molecule has 6 heteroatoms. The third-order valence-electron chi connectivity index (χ3n) is 5.11. The quantitative estimate of drug-likeness (QED) is 0.712. The fraction of sp³-hybridized carbons (Fsp3) is 0.579. The highest BCUT2D eigenvalue weighted by atomic mass is 19.4. The number of halogens is 3. The molecule has 0 amide bonds. The van der Waals surface area contributed by atoms with Crippen LogP contribution in [0.4, 0.5) is 13.2 Å². The summed E-state index contributed by atoms with van der Waals surface area (Å²) in [7, 11) is 0. The van der Waals surface area contributed by atoms with Crippen molar-refractivity contribution in [2.24, 2.45) is 0 Å². The highest BCUT2D eigenvalue weighted by Crippen LogP contribution is 2.34. The van der Waals surface area contributed by atoms with E-state index in [-0.39, 0.29) is 11.7 Å². The molecular formula is C19H24F3N3. The molecule has 0 bridgehead atoms. The third kappa shape index (κ3) is 3.88. The molecule has 1 saturated carbocycles. The first-order valence-corrected chi connectivity index (χ1v) is 9.00. The number of pyridine rings is 1. The van der Waals surface area contributed by atoms with E-state index in [4.69, 9.17) is 5.10 Å². The van der Waals surface area contributed by atoms with Crippen LogP contribution >= 0.6 is 0 Å². The van der Waals surface area contributed by atoms with Crippen molar-refractivity contribution in [2.45, 2.75) is 70.5 Å². The SMILES string of the molecule is CCC(c1ccc(C(F)(F)F)c(C)n1)n1ccc(C2CCCCC2)n1. The summed E-state index contributed by atoms with van der Waals surface area (Å²) in [4.78, 5) is 4.23. The van der Waals surface area contributed by atoms with Gasteiger partial charge in [0.05, 0.1) is 23.0 Å². The molecule has 3 rings (SSSR count). The van der Waals surface area contributed by atoms with Crippen molar-refractivity contribution in [2.75, 3.05) is 0 Å². The molecule has 0 aromatic carbocycles. The van der Waals surface area contributed by atoms with E-state index in [1.807, 2.05) is 17.8 Å². The number of hydrogen-bond donors (Lipinski definition) is 0.